The molecule has 0 saturated carbocycles. The standard InChI is InChI=1S/C3H6O.Na/c1-2-3-4;/h2-4H,1H3;/q;+1/p-1/b3-2+;. The zero-order valence-corrected chi connectivity index (χ0v) is 5.56. The molecule has 0 aliphatic carbocycles. The summed E-state index contributed by atoms with van der Waals surface area (Å²) in [5.41, 5.74) is 0. The monoisotopic (exact) mass is 80.0 g/mol. The molecule has 2 heteroatoms. The van der Waals surface area contributed by atoms with Crippen LogP contribution in [0.4, 0.5) is 0 Å². The fraction of sp³-hybridized carbons (Fsp3) is 0.333. The number of rotatable bonds is 0. The van der Waals surface area contributed by atoms with Crippen LogP contribution in [0.1, 0.15) is 6.92 Å². The van der Waals surface area contributed by atoms with E-state index >= 15 is 0 Å². The molecule has 1 nitrogen and oxygen atoms in total. The van der Waals surface area contributed by atoms with Gasteiger partial charge in [-0.25, -0.2) is 0 Å². The molecule has 0 amide bonds. The third-order valence-corrected chi connectivity index (χ3v) is 0.136. The third-order valence-electron chi connectivity index (χ3n) is 0.136. The Balaban J connectivity index is 0. The number of allylic oxidation sites excluding steroid dienone is 1. The van der Waals surface area contributed by atoms with Gasteiger partial charge in [0.05, 0.1) is 0 Å². The van der Waals surface area contributed by atoms with Gasteiger partial charge in [-0.15, -0.1) is 6.08 Å². The quantitative estimate of drug-likeness (QED) is 0.223. The fourth-order valence-electron chi connectivity index (χ4n) is 0. The van der Waals surface area contributed by atoms with E-state index in [0.29, 0.717) is 0 Å². The minimum atomic E-state index is 0. The van der Waals surface area contributed by atoms with E-state index in [1.165, 1.54) is 6.08 Å². The molecular weight excluding hydrogens is 75.0 g/mol. The van der Waals surface area contributed by atoms with E-state index in [1.54, 1.807) is 6.92 Å². The summed E-state index contributed by atoms with van der Waals surface area (Å²) in [5, 5.41) is 9.12. The zero-order valence-electron chi connectivity index (χ0n) is 3.56. The third kappa shape index (κ3) is 12.4. The van der Waals surface area contributed by atoms with Crippen molar-refractivity contribution < 1.29 is 34.7 Å². The summed E-state index contributed by atoms with van der Waals surface area (Å²) >= 11 is 0. The van der Waals surface area contributed by atoms with E-state index in [-0.39, 0.29) is 29.6 Å². The summed E-state index contributed by atoms with van der Waals surface area (Å²) in [6, 6.07) is 0. The normalized spacial score (nSPS) is 7.40. The first-order valence-electron chi connectivity index (χ1n) is 1.15. The Morgan fingerprint density at radius 1 is 1.60 bits per heavy atom. The van der Waals surface area contributed by atoms with Crippen molar-refractivity contribution in [2.45, 2.75) is 6.92 Å². The molecule has 0 aliphatic rings. The van der Waals surface area contributed by atoms with Gasteiger partial charge >= 0.3 is 29.6 Å². The van der Waals surface area contributed by atoms with Crippen LogP contribution in [-0.4, -0.2) is 0 Å². The molecule has 0 unspecified atom stereocenters. The van der Waals surface area contributed by atoms with Crippen LogP contribution in [0.2, 0.25) is 0 Å². The van der Waals surface area contributed by atoms with Crippen molar-refractivity contribution in [1.82, 2.24) is 0 Å². The molecule has 0 aromatic heterocycles. The molecule has 0 aromatic rings. The summed E-state index contributed by atoms with van der Waals surface area (Å²) in [7, 11) is 0. The molecule has 0 aromatic carbocycles. The van der Waals surface area contributed by atoms with Crippen LogP contribution in [0.5, 0.6) is 0 Å². The Hall–Kier alpha value is 0.540. The summed E-state index contributed by atoms with van der Waals surface area (Å²) in [4.78, 5) is 0. The zero-order chi connectivity index (χ0) is 3.41. The molecule has 0 radical (unpaired) electrons. The Morgan fingerprint density at radius 2 is 1.80 bits per heavy atom. The van der Waals surface area contributed by atoms with Crippen molar-refractivity contribution in [3.8, 4) is 0 Å². The van der Waals surface area contributed by atoms with E-state index in [9.17, 15) is 0 Å². The molecule has 0 spiro atoms. The molecule has 0 bridgehead atoms. The average molecular weight is 80.1 g/mol. The van der Waals surface area contributed by atoms with E-state index in [1.807, 2.05) is 0 Å². The predicted molar refractivity (Wildman–Crippen MR) is 14.8 cm³/mol. The Bertz CT molecular complexity index is 22.1. The summed E-state index contributed by atoms with van der Waals surface area (Å²) in [6.45, 7) is 1.69. The Labute approximate surface area is 54.0 Å². The van der Waals surface area contributed by atoms with E-state index in [2.05, 4.69) is 0 Å². The van der Waals surface area contributed by atoms with Crippen molar-refractivity contribution in [2.75, 3.05) is 0 Å². The van der Waals surface area contributed by atoms with Crippen LogP contribution in [0, 0.1) is 0 Å². The van der Waals surface area contributed by atoms with Gasteiger partial charge in [-0.05, 0) is 6.92 Å². The number of hydrogen-bond acceptors (Lipinski definition) is 1. The van der Waals surface area contributed by atoms with Gasteiger partial charge in [-0.3, -0.25) is 0 Å². The van der Waals surface area contributed by atoms with Gasteiger partial charge in [0.25, 0.3) is 0 Å². The smallest absolute Gasteiger partial charge is 0.878 e. The van der Waals surface area contributed by atoms with E-state index < -0.39 is 0 Å². The van der Waals surface area contributed by atoms with Crippen molar-refractivity contribution in [3.05, 3.63) is 12.3 Å². The SMILES string of the molecule is C/C=C/[O-].[Na+]. The first-order valence-corrected chi connectivity index (χ1v) is 1.15. The van der Waals surface area contributed by atoms with Gasteiger partial charge in [0.1, 0.15) is 0 Å². The topological polar surface area (TPSA) is 23.1 Å². The van der Waals surface area contributed by atoms with Crippen LogP contribution in [0.25, 0.3) is 0 Å². The molecule has 24 valence electrons. The molecule has 5 heavy (non-hydrogen) atoms. The number of hydrogen-bond donors (Lipinski definition) is 0. The second-order valence-electron chi connectivity index (χ2n) is 0.469. The maximum absolute atomic E-state index is 9.12. The molecule has 0 N–H and O–H groups in total. The molecule has 0 aliphatic heterocycles. The first kappa shape index (κ1) is 9.11. The molecule has 0 saturated heterocycles. The first-order chi connectivity index (χ1) is 1.91. The minimum absolute atomic E-state index is 0. The van der Waals surface area contributed by atoms with Gasteiger partial charge < -0.3 is 5.11 Å². The second kappa shape index (κ2) is 8.82. The van der Waals surface area contributed by atoms with E-state index in [0.717, 1.165) is 6.26 Å². The van der Waals surface area contributed by atoms with Gasteiger partial charge in [-0.2, -0.15) is 6.26 Å². The van der Waals surface area contributed by atoms with Gasteiger partial charge in [0.2, 0.25) is 0 Å². The molecular formula is C3H5NaO. The van der Waals surface area contributed by atoms with Crippen molar-refractivity contribution in [1.29, 1.82) is 0 Å². The summed E-state index contributed by atoms with van der Waals surface area (Å²) in [5.74, 6) is 0. The summed E-state index contributed by atoms with van der Waals surface area (Å²) in [6.07, 6.45) is 2.19. The Kier molecular flexibility index (Phi) is 16.1. The maximum atomic E-state index is 9.12. The van der Waals surface area contributed by atoms with Crippen molar-refractivity contribution in [2.24, 2.45) is 0 Å². The maximum Gasteiger partial charge on any atom is 1.00 e. The van der Waals surface area contributed by atoms with Crippen molar-refractivity contribution in [3.63, 3.8) is 0 Å². The largest absolute Gasteiger partial charge is 1.00 e. The fourth-order valence-corrected chi connectivity index (χ4v) is 0. The summed E-state index contributed by atoms with van der Waals surface area (Å²) < 4.78 is 0. The van der Waals surface area contributed by atoms with Gasteiger partial charge in [-0.1, -0.05) is 0 Å². The average Bonchev–Trinajstić information content (AvgIpc) is 1.37. The van der Waals surface area contributed by atoms with Crippen LogP contribution in [0.3, 0.4) is 0 Å². The molecule has 0 atom stereocenters. The van der Waals surface area contributed by atoms with Crippen LogP contribution < -0.4 is 34.7 Å². The van der Waals surface area contributed by atoms with E-state index in [4.69, 9.17) is 5.11 Å². The van der Waals surface area contributed by atoms with Crippen LogP contribution >= 0.6 is 0 Å². The molecule has 0 rings (SSSR count). The van der Waals surface area contributed by atoms with Crippen LogP contribution in [-0.2, 0) is 0 Å². The second-order valence-corrected chi connectivity index (χ2v) is 0.469. The molecule has 0 fully saturated rings. The van der Waals surface area contributed by atoms with Crippen LogP contribution in [0.15, 0.2) is 12.3 Å². The van der Waals surface area contributed by atoms with Gasteiger partial charge in [0.15, 0.2) is 0 Å². The predicted octanol–water partition coefficient (Wildman–Crippen LogP) is -3.12. The van der Waals surface area contributed by atoms with Gasteiger partial charge in [0, 0.05) is 0 Å². The van der Waals surface area contributed by atoms with Crippen molar-refractivity contribution >= 4 is 0 Å². The minimum Gasteiger partial charge on any atom is -0.878 e. The molecule has 0 heterocycles. The Morgan fingerprint density at radius 3 is 1.80 bits per heavy atom.